The molecule has 0 saturated heterocycles. The summed E-state index contributed by atoms with van der Waals surface area (Å²) in [4.78, 5) is 13.8. The van der Waals surface area contributed by atoms with Gasteiger partial charge in [0.25, 0.3) is 0 Å². The molecule has 1 aliphatic carbocycles. The van der Waals surface area contributed by atoms with Crippen molar-refractivity contribution in [2.75, 3.05) is 24.7 Å². The van der Waals surface area contributed by atoms with E-state index < -0.39 is 0 Å². The highest BCUT2D eigenvalue weighted by molar-refractivity contribution is 7.99. The van der Waals surface area contributed by atoms with E-state index >= 15 is 0 Å². The molecule has 0 atom stereocenters. The molecule has 1 aromatic carbocycles. The van der Waals surface area contributed by atoms with Crippen LogP contribution in [-0.4, -0.2) is 46.6 Å². The largest absolute Gasteiger partial charge is 0.378 e. The number of thioether (sulfide) groups is 1. The summed E-state index contributed by atoms with van der Waals surface area (Å²) in [5.41, 5.74) is 2.13. The number of carbonyl (C=O) groups is 1. The molecule has 1 heterocycles. The SMILES string of the molecule is CN(C)c1cccc(-c2nnc(SCC(=O)NC3CC3)n2C)c1. The van der Waals surface area contributed by atoms with E-state index in [2.05, 4.69) is 32.5 Å². The Bertz CT molecular complexity index is 708. The number of anilines is 1. The van der Waals surface area contributed by atoms with Crippen LogP contribution in [0.25, 0.3) is 11.4 Å². The van der Waals surface area contributed by atoms with Crippen LogP contribution >= 0.6 is 11.8 Å². The van der Waals surface area contributed by atoms with E-state index in [1.165, 1.54) is 11.8 Å². The predicted molar refractivity (Wildman–Crippen MR) is 92.7 cm³/mol. The third-order valence-electron chi connectivity index (χ3n) is 3.73. The van der Waals surface area contributed by atoms with E-state index in [9.17, 15) is 4.79 Å². The molecule has 1 saturated carbocycles. The summed E-state index contributed by atoms with van der Waals surface area (Å²) in [5, 5.41) is 12.2. The molecule has 6 nitrogen and oxygen atoms in total. The molecule has 23 heavy (non-hydrogen) atoms. The lowest BCUT2D eigenvalue weighted by Gasteiger charge is -2.13. The average molecular weight is 331 g/mol. The fraction of sp³-hybridized carbons (Fsp3) is 0.438. The van der Waals surface area contributed by atoms with Gasteiger partial charge in [-0.2, -0.15) is 0 Å². The average Bonchev–Trinajstić information content (AvgIpc) is 3.26. The molecule has 122 valence electrons. The van der Waals surface area contributed by atoms with Gasteiger partial charge < -0.3 is 14.8 Å². The molecule has 1 aromatic heterocycles. The van der Waals surface area contributed by atoms with Gasteiger partial charge >= 0.3 is 0 Å². The first-order chi connectivity index (χ1) is 11.0. The van der Waals surface area contributed by atoms with Crippen molar-refractivity contribution in [1.82, 2.24) is 20.1 Å². The number of rotatable bonds is 6. The molecule has 0 unspecified atom stereocenters. The van der Waals surface area contributed by atoms with Crippen molar-refractivity contribution in [3.8, 4) is 11.4 Å². The van der Waals surface area contributed by atoms with Crippen molar-refractivity contribution in [3.63, 3.8) is 0 Å². The van der Waals surface area contributed by atoms with Crippen LogP contribution in [0.15, 0.2) is 29.4 Å². The summed E-state index contributed by atoms with van der Waals surface area (Å²) in [6.07, 6.45) is 2.21. The van der Waals surface area contributed by atoms with Gasteiger partial charge in [0.05, 0.1) is 5.75 Å². The number of aromatic nitrogens is 3. The molecule has 1 aliphatic rings. The number of nitrogens with one attached hydrogen (secondary N) is 1. The number of hydrogen-bond acceptors (Lipinski definition) is 5. The molecular formula is C16H21N5OS. The van der Waals surface area contributed by atoms with Gasteiger partial charge in [-0.3, -0.25) is 4.79 Å². The summed E-state index contributed by atoms with van der Waals surface area (Å²) < 4.78 is 1.93. The molecule has 2 aromatic rings. The van der Waals surface area contributed by atoms with Crippen molar-refractivity contribution in [2.45, 2.75) is 24.0 Å². The van der Waals surface area contributed by atoms with Gasteiger partial charge in [0.1, 0.15) is 0 Å². The zero-order valence-electron chi connectivity index (χ0n) is 13.6. The topological polar surface area (TPSA) is 63.1 Å². The maximum absolute atomic E-state index is 11.8. The first-order valence-corrected chi connectivity index (χ1v) is 8.62. The van der Waals surface area contributed by atoms with Crippen LogP contribution < -0.4 is 10.2 Å². The summed E-state index contributed by atoms with van der Waals surface area (Å²) in [6.45, 7) is 0. The van der Waals surface area contributed by atoms with E-state index in [0.717, 1.165) is 35.1 Å². The van der Waals surface area contributed by atoms with Gasteiger partial charge in [-0.05, 0) is 25.0 Å². The predicted octanol–water partition coefficient (Wildman–Crippen LogP) is 1.92. The number of hydrogen-bond donors (Lipinski definition) is 1. The fourth-order valence-electron chi connectivity index (χ4n) is 2.24. The molecule has 1 N–H and O–H groups in total. The molecule has 1 amide bonds. The van der Waals surface area contributed by atoms with Crippen LogP contribution in [-0.2, 0) is 11.8 Å². The zero-order chi connectivity index (χ0) is 16.4. The van der Waals surface area contributed by atoms with Crippen LogP contribution in [0.3, 0.4) is 0 Å². The zero-order valence-corrected chi connectivity index (χ0v) is 14.4. The van der Waals surface area contributed by atoms with Gasteiger partial charge in [0, 0.05) is 38.4 Å². The van der Waals surface area contributed by atoms with Crippen LogP contribution in [0.2, 0.25) is 0 Å². The summed E-state index contributed by atoms with van der Waals surface area (Å²) >= 11 is 1.42. The van der Waals surface area contributed by atoms with Gasteiger partial charge in [0.2, 0.25) is 5.91 Å². The van der Waals surface area contributed by atoms with Crippen molar-refractivity contribution in [3.05, 3.63) is 24.3 Å². The van der Waals surface area contributed by atoms with Crippen LogP contribution in [0.5, 0.6) is 0 Å². The minimum absolute atomic E-state index is 0.0663. The maximum atomic E-state index is 11.8. The Hall–Kier alpha value is -2.02. The highest BCUT2D eigenvalue weighted by Crippen LogP contribution is 2.25. The maximum Gasteiger partial charge on any atom is 0.230 e. The normalized spacial score (nSPS) is 13.9. The van der Waals surface area contributed by atoms with Crippen molar-refractivity contribution in [2.24, 2.45) is 7.05 Å². The Balaban J connectivity index is 1.71. The summed E-state index contributed by atoms with van der Waals surface area (Å²) in [7, 11) is 5.95. The van der Waals surface area contributed by atoms with Crippen molar-refractivity contribution in [1.29, 1.82) is 0 Å². The Morgan fingerprint density at radius 2 is 2.17 bits per heavy atom. The third kappa shape index (κ3) is 3.85. The number of benzene rings is 1. The quantitative estimate of drug-likeness (QED) is 0.820. The highest BCUT2D eigenvalue weighted by atomic mass is 32.2. The Morgan fingerprint density at radius 1 is 1.39 bits per heavy atom. The van der Waals surface area contributed by atoms with Gasteiger partial charge in [0.15, 0.2) is 11.0 Å². The van der Waals surface area contributed by atoms with Gasteiger partial charge in [-0.25, -0.2) is 0 Å². The first kappa shape index (κ1) is 15.9. The van der Waals surface area contributed by atoms with E-state index in [-0.39, 0.29) is 5.91 Å². The van der Waals surface area contributed by atoms with E-state index in [1.54, 1.807) is 0 Å². The van der Waals surface area contributed by atoms with Crippen molar-refractivity contribution < 1.29 is 4.79 Å². The molecule has 0 bridgehead atoms. The Kier molecular flexibility index (Phi) is 4.56. The third-order valence-corrected chi connectivity index (χ3v) is 4.75. The van der Waals surface area contributed by atoms with E-state index in [0.29, 0.717) is 11.8 Å². The molecule has 0 spiro atoms. The van der Waals surface area contributed by atoms with Crippen molar-refractivity contribution >= 4 is 23.4 Å². The lowest BCUT2D eigenvalue weighted by molar-refractivity contribution is -0.118. The lowest BCUT2D eigenvalue weighted by atomic mass is 10.2. The first-order valence-electron chi connectivity index (χ1n) is 7.64. The fourth-order valence-corrected chi connectivity index (χ4v) is 2.96. The number of nitrogens with zero attached hydrogens (tertiary/aromatic N) is 4. The molecule has 3 rings (SSSR count). The summed E-state index contributed by atoms with van der Waals surface area (Å²) in [6, 6.07) is 8.56. The second-order valence-electron chi connectivity index (χ2n) is 5.94. The van der Waals surface area contributed by atoms with E-state index in [4.69, 9.17) is 0 Å². The van der Waals surface area contributed by atoms with Gasteiger partial charge in [-0.1, -0.05) is 23.9 Å². The minimum Gasteiger partial charge on any atom is -0.378 e. The molecular weight excluding hydrogens is 310 g/mol. The molecule has 0 aliphatic heterocycles. The lowest BCUT2D eigenvalue weighted by Crippen LogP contribution is -2.27. The number of amides is 1. The monoisotopic (exact) mass is 331 g/mol. The van der Waals surface area contributed by atoms with Crippen LogP contribution in [0, 0.1) is 0 Å². The molecule has 1 fully saturated rings. The molecule has 0 radical (unpaired) electrons. The smallest absolute Gasteiger partial charge is 0.230 e. The summed E-state index contributed by atoms with van der Waals surface area (Å²) in [5.74, 6) is 1.25. The Labute approximate surface area is 140 Å². The second kappa shape index (κ2) is 6.62. The highest BCUT2D eigenvalue weighted by Gasteiger charge is 2.23. The Morgan fingerprint density at radius 3 is 2.87 bits per heavy atom. The molecule has 7 heteroatoms. The second-order valence-corrected chi connectivity index (χ2v) is 6.88. The van der Waals surface area contributed by atoms with Crippen LogP contribution in [0.1, 0.15) is 12.8 Å². The van der Waals surface area contributed by atoms with Crippen LogP contribution in [0.4, 0.5) is 5.69 Å². The standard InChI is InChI=1S/C16H21N5OS/c1-20(2)13-6-4-5-11(9-13)15-18-19-16(21(15)3)23-10-14(22)17-12-7-8-12/h4-6,9,12H,7-8,10H2,1-3H3,(H,17,22). The van der Waals surface area contributed by atoms with Gasteiger partial charge in [-0.15, -0.1) is 10.2 Å². The van der Waals surface area contributed by atoms with E-state index in [1.807, 2.05) is 37.8 Å². The number of carbonyl (C=O) groups excluding carboxylic acids is 1. The minimum atomic E-state index is 0.0663.